The monoisotopic (exact) mass is 534 g/mol. The number of fused-ring (bicyclic) bond motifs is 3. The van der Waals surface area contributed by atoms with Crippen LogP contribution in [0.5, 0.6) is 0 Å². The van der Waals surface area contributed by atoms with Crippen LogP contribution in [0.1, 0.15) is 60.3 Å². The van der Waals surface area contributed by atoms with E-state index in [1.54, 1.807) is 11.1 Å². The van der Waals surface area contributed by atoms with Crippen LogP contribution < -0.4 is 5.32 Å². The highest BCUT2D eigenvalue weighted by atomic mass is 16.3. The molecular weight excluding hydrogens is 500 g/mol. The predicted molar refractivity (Wildman–Crippen MR) is 143 cm³/mol. The molecular formula is C27H34N8O4. The Morgan fingerprint density at radius 1 is 1.26 bits per heavy atom. The molecule has 3 aromatic rings. The van der Waals surface area contributed by atoms with E-state index in [1.165, 1.54) is 6.33 Å². The van der Waals surface area contributed by atoms with Crippen LogP contribution in [0.4, 0.5) is 0 Å². The number of aliphatic hydroxyl groups is 2. The van der Waals surface area contributed by atoms with Crippen molar-refractivity contribution in [2.45, 2.75) is 75.8 Å². The van der Waals surface area contributed by atoms with Crippen LogP contribution in [-0.4, -0.2) is 72.7 Å². The van der Waals surface area contributed by atoms with E-state index in [0.717, 1.165) is 48.6 Å². The summed E-state index contributed by atoms with van der Waals surface area (Å²) in [4.78, 5) is 42.0. The second-order valence-corrected chi connectivity index (χ2v) is 10.6. The average molecular weight is 535 g/mol. The lowest BCUT2D eigenvalue weighted by Gasteiger charge is -2.34. The molecule has 0 bridgehead atoms. The van der Waals surface area contributed by atoms with Crippen molar-refractivity contribution in [3.63, 3.8) is 0 Å². The number of hydrogen-bond donors (Lipinski definition) is 5. The largest absolute Gasteiger partial charge is 0.390 e. The number of rotatable bonds is 11. The molecule has 39 heavy (non-hydrogen) atoms. The molecule has 2 amide bonds. The van der Waals surface area contributed by atoms with Gasteiger partial charge in [-0.05, 0) is 23.9 Å². The zero-order valence-corrected chi connectivity index (χ0v) is 21.7. The maximum atomic E-state index is 13.9. The molecule has 1 fully saturated rings. The first-order chi connectivity index (χ1) is 19.0. The maximum absolute atomic E-state index is 13.9. The number of aromatic nitrogens is 3. The van der Waals surface area contributed by atoms with Crippen molar-refractivity contribution in [2.75, 3.05) is 6.54 Å². The summed E-state index contributed by atoms with van der Waals surface area (Å²) >= 11 is 0. The Labute approximate surface area is 225 Å². The van der Waals surface area contributed by atoms with E-state index in [9.17, 15) is 19.8 Å². The average Bonchev–Trinajstić information content (AvgIpc) is 3.67. The molecule has 1 aromatic carbocycles. The molecule has 206 valence electrons. The minimum Gasteiger partial charge on any atom is -0.390 e. The summed E-state index contributed by atoms with van der Waals surface area (Å²) in [6.07, 6.45) is 6.45. The summed E-state index contributed by atoms with van der Waals surface area (Å²) in [5.74, 6) is -0.409. The van der Waals surface area contributed by atoms with Gasteiger partial charge >= 0.3 is 0 Å². The molecule has 5 N–H and O–H groups in total. The molecule has 1 aliphatic carbocycles. The fraction of sp³-hybridized carbons (Fsp3) is 0.519. The first-order valence-corrected chi connectivity index (χ1v) is 13.5. The van der Waals surface area contributed by atoms with Crippen molar-refractivity contribution >= 4 is 22.7 Å². The minimum atomic E-state index is -1.33. The summed E-state index contributed by atoms with van der Waals surface area (Å²) in [6, 6.07) is 6.03. The Morgan fingerprint density at radius 3 is 2.79 bits per heavy atom. The van der Waals surface area contributed by atoms with Crippen molar-refractivity contribution in [1.29, 1.82) is 0 Å². The van der Waals surface area contributed by atoms with Crippen LogP contribution in [0.25, 0.3) is 21.3 Å². The smallest absolute Gasteiger partial charge is 0.271 e. The number of azide groups is 1. The quantitative estimate of drug-likeness (QED) is 0.144. The van der Waals surface area contributed by atoms with E-state index in [0.29, 0.717) is 17.8 Å². The molecule has 3 heterocycles. The van der Waals surface area contributed by atoms with Gasteiger partial charge in [0.1, 0.15) is 17.8 Å². The summed E-state index contributed by atoms with van der Waals surface area (Å²) in [6.45, 7) is -0.0433. The molecule has 0 radical (unpaired) electrons. The number of para-hydroxylation sites is 1. The zero-order chi connectivity index (χ0) is 27.4. The van der Waals surface area contributed by atoms with Crippen LogP contribution in [0.3, 0.4) is 0 Å². The van der Waals surface area contributed by atoms with Gasteiger partial charge in [-0.25, -0.2) is 4.98 Å². The SMILES string of the molecule is [N-]=[N+]=NC[C@H](O)[C@H](O)[C@H](CC1CCCCC1)NC(=O)[C@H](Cc1cnc[nH]1)N1Cc2c([nH]c3ccccc23)C1=O. The highest BCUT2D eigenvalue weighted by molar-refractivity contribution is 6.05. The Balaban J connectivity index is 1.40. The van der Waals surface area contributed by atoms with Crippen LogP contribution in [0.2, 0.25) is 0 Å². The van der Waals surface area contributed by atoms with Crippen LogP contribution in [0, 0.1) is 5.92 Å². The third-order valence-corrected chi connectivity index (χ3v) is 8.04. The van der Waals surface area contributed by atoms with E-state index in [1.807, 2.05) is 24.3 Å². The number of H-pyrrole nitrogens is 2. The fourth-order valence-electron chi connectivity index (χ4n) is 5.97. The predicted octanol–water partition coefficient (Wildman–Crippen LogP) is 2.95. The molecule has 12 nitrogen and oxygen atoms in total. The number of benzene rings is 1. The molecule has 2 aromatic heterocycles. The Kier molecular flexibility index (Phi) is 8.16. The number of imidazole rings is 1. The van der Waals surface area contributed by atoms with Crippen molar-refractivity contribution < 1.29 is 19.8 Å². The standard InChI is InChI=1S/C27H34N8O4/c28-34-31-13-23(36)25(37)21(10-16-6-2-1-3-7-16)33-26(38)22(11-17-12-29-15-30-17)35-14-19-18-8-4-5-9-20(18)32-24(19)27(35)39/h4-5,8-9,12,15-16,21-23,25,32,36-37H,1-3,6-7,10-11,13-14H2,(H,29,30)(H,33,38)/t21-,22-,23-,25+/m0/s1. The minimum absolute atomic E-state index is 0.202. The van der Waals surface area contributed by atoms with Crippen LogP contribution >= 0.6 is 0 Å². The first kappa shape index (κ1) is 26.7. The molecule has 0 unspecified atom stereocenters. The van der Waals surface area contributed by atoms with Crippen LogP contribution in [-0.2, 0) is 17.8 Å². The molecule has 5 rings (SSSR count). The number of nitrogens with one attached hydrogen (secondary N) is 3. The second-order valence-electron chi connectivity index (χ2n) is 10.6. The lowest BCUT2D eigenvalue weighted by molar-refractivity contribution is -0.128. The molecule has 1 saturated carbocycles. The first-order valence-electron chi connectivity index (χ1n) is 13.5. The Morgan fingerprint density at radius 2 is 2.05 bits per heavy atom. The van der Waals surface area contributed by atoms with Gasteiger partial charge in [0.05, 0.1) is 25.0 Å². The fourth-order valence-corrected chi connectivity index (χ4v) is 5.97. The lowest BCUT2D eigenvalue weighted by Crippen LogP contribution is -2.56. The topological polar surface area (TPSA) is 183 Å². The highest BCUT2D eigenvalue weighted by Crippen LogP contribution is 2.33. The summed E-state index contributed by atoms with van der Waals surface area (Å²) in [5, 5.41) is 28.8. The number of aromatic amines is 2. The van der Waals surface area contributed by atoms with Crippen molar-refractivity contribution in [2.24, 2.45) is 11.0 Å². The van der Waals surface area contributed by atoms with Crippen molar-refractivity contribution in [3.8, 4) is 0 Å². The number of aliphatic hydroxyl groups excluding tert-OH is 2. The number of carbonyl (C=O) groups is 2. The highest BCUT2D eigenvalue weighted by Gasteiger charge is 2.40. The number of carbonyl (C=O) groups excluding carboxylic acids is 2. The van der Waals surface area contributed by atoms with Gasteiger partial charge in [0.2, 0.25) is 5.91 Å². The molecule has 4 atom stereocenters. The van der Waals surface area contributed by atoms with Gasteiger partial charge in [0.15, 0.2) is 0 Å². The van der Waals surface area contributed by atoms with Gasteiger partial charge in [0, 0.05) is 46.2 Å². The van der Waals surface area contributed by atoms with Gasteiger partial charge in [-0.2, -0.15) is 0 Å². The summed E-state index contributed by atoms with van der Waals surface area (Å²) in [5.41, 5.74) is 11.5. The molecule has 2 aliphatic rings. The van der Waals surface area contributed by atoms with E-state index in [-0.39, 0.29) is 31.3 Å². The van der Waals surface area contributed by atoms with Crippen LogP contribution in [0.15, 0.2) is 41.9 Å². The summed E-state index contributed by atoms with van der Waals surface area (Å²) < 4.78 is 0. The molecule has 1 aliphatic heterocycles. The van der Waals surface area contributed by atoms with E-state index in [4.69, 9.17) is 5.53 Å². The van der Waals surface area contributed by atoms with Crippen molar-refractivity contribution in [1.82, 2.24) is 25.2 Å². The van der Waals surface area contributed by atoms with Gasteiger partial charge in [-0.1, -0.05) is 55.4 Å². The van der Waals surface area contributed by atoms with E-state index in [2.05, 4.69) is 30.3 Å². The Bertz CT molecular complexity index is 1340. The van der Waals surface area contributed by atoms with E-state index < -0.39 is 30.2 Å². The third-order valence-electron chi connectivity index (χ3n) is 8.04. The number of hydrogen-bond acceptors (Lipinski definition) is 6. The van der Waals surface area contributed by atoms with Gasteiger partial charge in [-0.15, -0.1) is 0 Å². The van der Waals surface area contributed by atoms with Crippen molar-refractivity contribution in [3.05, 3.63) is 64.2 Å². The normalized spacial score (nSPS) is 18.8. The van der Waals surface area contributed by atoms with Gasteiger partial charge in [-0.3, -0.25) is 9.59 Å². The third kappa shape index (κ3) is 5.78. The Hall–Kier alpha value is -3.86. The molecule has 0 saturated heterocycles. The number of nitrogens with zero attached hydrogens (tertiary/aromatic N) is 5. The van der Waals surface area contributed by atoms with Gasteiger partial charge < -0.3 is 30.4 Å². The maximum Gasteiger partial charge on any atom is 0.271 e. The molecule has 12 heteroatoms. The molecule has 0 spiro atoms. The second kappa shape index (κ2) is 11.9. The lowest BCUT2D eigenvalue weighted by atomic mass is 9.83. The van der Waals surface area contributed by atoms with E-state index >= 15 is 0 Å². The zero-order valence-electron chi connectivity index (χ0n) is 21.7. The van der Waals surface area contributed by atoms with Gasteiger partial charge in [0.25, 0.3) is 5.91 Å². The summed E-state index contributed by atoms with van der Waals surface area (Å²) in [7, 11) is 0. The number of amides is 2.